The molecule has 1 amide bonds. The van der Waals surface area contributed by atoms with Crippen LogP contribution >= 0.6 is 0 Å². The summed E-state index contributed by atoms with van der Waals surface area (Å²) in [6, 6.07) is 38.5. The van der Waals surface area contributed by atoms with Gasteiger partial charge in [-0.15, -0.1) is 6.58 Å². The molecule has 1 fully saturated rings. The largest absolute Gasteiger partial charge is 0.444 e. The van der Waals surface area contributed by atoms with Crippen LogP contribution in [0.1, 0.15) is 43.0 Å². The van der Waals surface area contributed by atoms with Gasteiger partial charge in [0.15, 0.2) is 6.29 Å². The molecule has 0 radical (unpaired) electrons. The van der Waals surface area contributed by atoms with Crippen LogP contribution in [0.5, 0.6) is 0 Å². The highest BCUT2D eigenvalue weighted by atomic mass is 16.7. The fourth-order valence-electron chi connectivity index (χ4n) is 5.93. The maximum absolute atomic E-state index is 12.8. The third-order valence-electron chi connectivity index (χ3n) is 8.64. The lowest BCUT2D eigenvalue weighted by molar-refractivity contribution is -0.329. The van der Waals surface area contributed by atoms with Crippen molar-refractivity contribution >= 4 is 6.09 Å². The lowest BCUT2D eigenvalue weighted by atomic mass is 9.97. The first-order chi connectivity index (χ1) is 26.2. The number of carbonyl (C=O) groups is 1. The quantitative estimate of drug-likeness (QED) is 0.0970. The van der Waals surface area contributed by atoms with Gasteiger partial charge in [0.1, 0.15) is 30.0 Å². The topological polar surface area (TPSA) is 114 Å². The molecule has 10 heteroatoms. The predicted octanol–water partition coefficient (Wildman–Crippen LogP) is 7.14. The van der Waals surface area contributed by atoms with E-state index in [9.17, 15) is 9.90 Å². The molecule has 0 aromatic heterocycles. The van der Waals surface area contributed by atoms with Crippen molar-refractivity contribution in [2.75, 3.05) is 13.2 Å². The van der Waals surface area contributed by atoms with Crippen LogP contribution in [0.4, 0.5) is 4.79 Å². The second kappa shape index (κ2) is 20.9. The minimum Gasteiger partial charge on any atom is -0.444 e. The smallest absolute Gasteiger partial charge is 0.408 e. The maximum Gasteiger partial charge on any atom is 0.408 e. The summed E-state index contributed by atoms with van der Waals surface area (Å²) in [4.78, 5) is 12.8. The minimum atomic E-state index is -1.15. The first-order valence-electron chi connectivity index (χ1n) is 18.3. The lowest BCUT2D eigenvalue weighted by Crippen LogP contribution is -2.62. The van der Waals surface area contributed by atoms with E-state index in [-0.39, 0.29) is 26.4 Å². The number of ether oxygens (including phenoxy) is 7. The van der Waals surface area contributed by atoms with Crippen molar-refractivity contribution < 1.29 is 43.1 Å². The minimum absolute atomic E-state index is 0.152. The Morgan fingerprint density at radius 3 is 1.61 bits per heavy atom. The second-order valence-corrected chi connectivity index (χ2v) is 14.1. The van der Waals surface area contributed by atoms with E-state index in [1.165, 1.54) is 6.08 Å². The van der Waals surface area contributed by atoms with Crippen molar-refractivity contribution in [1.82, 2.24) is 5.32 Å². The fraction of sp³-hybridized carbons (Fsp3) is 0.386. The normalized spacial score (nSPS) is 21.1. The van der Waals surface area contributed by atoms with Gasteiger partial charge in [0.2, 0.25) is 0 Å². The summed E-state index contributed by atoms with van der Waals surface area (Å²) in [5.74, 6) is 0. The zero-order valence-corrected chi connectivity index (χ0v) is 31.3. The van der Waals surface area contributed by atoms with Crippen LogP contribution in [0.25, 0.3) is 0 Å². The molecule has 10 nitrogen and oxygen atoms in total. The number of aliphatic hydroxyl groups is 1. The number of carbonyl (C=O) groups excluding carboxylic acids is 1. The Kier molecular flexibility index (Phi) is 15.8. The number of rotatable bonds is 19. The molecule has 0 aliphatic carbocycles. The van der Waals surface area contributed by atoms with Gasteiger partial charge >= 0.3 is 6.09 Å². The van der Waals surface area contributed by atoms with Crippen LogP contribution in [0, 0.1) is 0 Å². The molecule has 4 aromatic rings. The van der Waals surface area contributed by atoms with Crippen LogP contribution in [0.3, 0.4) is 0 Å². The monoisotopic (exact) mass is 739 g/mol. The van der Waals surface area contributed by atoms with E-state index in [0.717, 1.165) is 22.3 Å². The van der Waals surface area contributed by atoms with Gasteiger partial charge in [-0.2, -0.15) is 0 Å². The molecule has 288 valence electrons. The number of aliphatic hydroxyl groups excluding tert-OH is 1. The fourth-order valence-corrected chi connectivity index (χ4v) is 5.93. The molecule has 0 saturated carbocycles. The van der Waals surface area contributed by atoms with Crippen molar-refractivity contribution in [3.05, 3.63) is 156 Å². The lowest BCUT2D eigenvalue weighted by Gasteiger charge is -2.46. The summed E-state index contributed by atoms with van der Waals surface area (Å²) in [5, 5.41) is 13.6. The molecule has 0 bridgehead atoms. The van der Waals surface area contributed by atoms with Crippen LogP contribution in [-0.2, 0) is 59.6 Å². The van der Waals surface area contributed by atoms with E-state index in [0.29, 0.717) is 13.2 Å². The first kappa shape index (κ1) is 40.8. The molecule has 54 heavy (non-hydrogen) atoms. The molecule has 1 aliphatic heterocycles. The van der Waals surface area contributed by atoms with Crippen LogP contribution in [0.2, 0.25) is 0 Å². The van der Waals surface area contributed by atoms with Crippen molar-refractivity contribution in [3.8, 4) is 0 Å². The summed E-state index contributed by atoms with van der Waals surface area (Å²) < 4.78 is 45.1. The van der Waals surface area contributed by atoms with Gasteiger partial charge in [0.25, 0.3) is 0 Å². The SMILES string of the molecule is C=C[C@@H](O)[C@H](CO[C@@H]1O[C@H](COCc2ccccc2)[C@H](OCc2ccccc2)[C@H](OCc2ccccc2)[C@H]1OCc1ccccc1)NC(=O)OC(C)(C)C. The summed E-state index contributed by atoms with van der Waals surface area (Å²) >= 11 is 0. The molecule has 4 aromatic carbocycles. The van der Waals surface area contributed by atoms with Gasteiger partial charge < -0.3 is 43.6 Å². The standard InChI is InChI=1S/C44H53NO9/c1-5-37(46)36(45-43(47)54-44(2,3)4)30-52-42-41(51-29-35-24-16-9-17-25-35)40(50-28-34-22-14-8-15-23-34)39(49-27-33-20-12-7-13-21-33)38(53-42)31-48-26-32-18-10-6-11-19-32/h5-25,36-42,46H,1,26-31H2,2-4H3,(H,45,47)/t36-,37+,38+,39-,40-,41+,42+/m0/s1. The van der Waals surface area contributed by atoms with E-state index in [1.54, 1.807) is 20.8 Å². The van der Waals surface area contributed by atoms with Crippen molar-refractivity contribution in [1.29, 1.82) is 0 Å². The highest BCUT2D eigenvalue weighted by Gasteiger charge is 2.49. The van der Waals surface area contributed by atoms with Crippen LogP contribution in [0.15, 0.2) is 134 Å². The van der Waals surface area contributed by atoms with Gasteiger partial charge in [-0.3, -0.25) is 0 Å². The van der Waals surface area contributed by atoms with Gasteiger partial charge in [-0.05, 0) is 43.0 Å². The summed E-state index contributed by atoms with van der Waals surface area (Å²) in [7, 11) is 0. The Morgan fingerprint density at radius 1 is 0.704 bits per heavy atom. The summed E-state index contributed by atoms with van der Waals surface area (Å²) in [6.07, 6.45) is -4.40. The summed E-state index contributed by atoms with van der Waals surface area (Å²) in [5.41, 5.74) is 3.16. The number of hydrogen-bond donors (Lipinski definition) is 2. The number of amides is 1. The van der Waals surface area contributed by atoms with E-state index in [4.69, 9.17) is 33.2 Å². The highest BCUT2D eigenvalue weighted by Crippen LogP contribution is 2.32. The molecule has 7 atom stereocenters. The third-order valence-corrected chi connectivity index (χ3v) is 8.64. The Morgan fingerprint density at radius 2 is 1.15 bits per heavy atom. The number of benzene rings is 4. The maximum atomic E-state index is 12.8. The van der Waals surface area contributed by atoms with E-state index in [2.05, 4.69) is 11.9 Å². The van der Waals surface area contributed by atoms with Crippen molar-refractivity contribution in [3.63, 3.8) is 0 Å². The third kappa shape index (κ3) is 13.2. The number of nitrogens with one attached hydrogen (secondary N) is 1. The molecule has 0 unspecified atom stereocenters. The molecule has 2 N–H and O–H groups in total. The van der Waals surface area contributed by atoms with E-state index >= 15 is 0 Å². The second-order valence-electron chi connectivity index (χ2n) is 14.1. The molecule has 0 spiro atoms. The van der Waals surface area contributed by atoms with E-state index < -0.39 is 54.5 Å². The van der Waals surface area contributed by atoms with Crippen molar-refractivity contribution in [2.45, 2.75) is 95.7 Å². The molecular formula is C44H53NO9. The molecule has 5 rings (SSSR count). The molecule has 1 saturated heterocycles. The van der Waals surface area contributed by atoms with E-state index in [1.807, 2.05) is 121 Å². The molecular weight excluding hydrogens is 686 g/mol. The number of hydrogen-bond acceptors (Lipinski definition) is 9. The zero-order chi connectivity index (χ0) is 38.2. The van der Waals surface area contributed by atoms with Crippen LogP contribution < -0.4 is 5.32 Å². The van der Waals surface area contributed by atoms with Gasteiger partial charge in [-0.25, -0.2) is 4.79 Å². The molecule has 1 aliphatic rings. The van der Waals surface area contributed by atoms with Gasteiger partial charge in [0, 0.05) is 0 Å². The van der Waals surface area contributed by atoms with Gasteiger partial charge in [0.05, 0.1) is 51.8 Å². The van der Waals surface area contributed by atoms with Crippen molar-refractivity contribution in [2.24, 2.45) is 0 Å². The Hall–Kier alpha value is -4.39. The first-order valence-corrected chi connectivity index (χ1v) is 18.3. The van der Waals surface area contributed by atoms with Gasteiger partial charge in [-0.1, -0.05) is 127 Å². The Bertz CT molecular complexity index is 1650. The highest BCUT2D eigenvalue weighted by molar-refractivity contribution is 5.68. The average Bonchev–Trinajstić information content (AvgIpc) is 3.18. The number of alkyl carbamates (subject to hydrolysis) is 1. The predicted molar refractivity (Wildman–Crippen MR) is 205 cm³/mol. The zero-order valence-electron chi connectivity index (χ0n) is 31.3. The average molecular weight is 740 g/mol. The van der Waals surface area contributed by atoms with Crippen LogP contribution in [-0.4, -0.2) is 72.9 Å². The summed E-state index contributed by atoms with van der Waals surface area (Å²) in [6.45, 7) is 10.1. The Balaban J connectivity index is 1.46. The Labute approximate surface area is 319 Å². The molecule has 1 heterocycles.